The van der Waals surface area contributed by atoms with Crippen LogP contribution < -0.4 is 12.3 Å². The van der Waals surface area contributed by atoms with Crippen LogP contribution in [0.3, 0.4) is 0 Å². The molecule has 0 aromatic heterocycles. The molecule has 316 valence electrons. The highest BCUT2D eigenvalue weighted by atomic mass is 19.4. The molecule has 0 aromatic carbocycles. The molecule has 0 aliphatic rings. The zero-order valence-electron chi connectivity index (χ0n) is 22.5. The van der Waals surface area contributed by atoms with Crippen LogP contribution in [0.4, 0.5) is 132 Å². The molecule has 0 atom stereocenters. The fraction of sp³-hybridized carbons (Fsp3) is 0.875. The van der Waals surface area contributed by atoms with Gasteiger partial charge in [-0.2, -0.15) is 132 Å². The molecule has 0 rings (SSSR count). The van der Waals surface area contributed by atoms with Crippen LogP contribution in [-0.2, 0) is 9.59 Å². The minimum atomic E-state index is -8.47. The van der Waals surface area contributed by atoms with E-state index in [0.29, 0.717) is 0 Å². The zero-order valence-corrected chi connectivity index (χ0v) is 22.5. The number of hydrogen-bond donors (Lipinski definition) is 4. The maximum atomic E-state index is 12.8. The molecule has 52 heavy (non-hydrogen) atoms. The highest BCUT2D eigenvalue weighted by Crippen LogP contribution is 2.64. The maximum Gasteiger partial charge on any atom is 0.460 e. The molecule has 0 aliphatic carbocycles. The minimum Gasteiger partial charge on any atom is -0.477 e. The summed E-state index contributed by atoms with van der Waals surface area (Å²) in [6.07, 6.45) is -15.4. The second kappa shape index (κ2) is 13.9. The van der Waals surface area contributed by atoms with Gasteiger partial charge in [0.05, 0.1) is 0 Å². The third-order valence-corrected chi connectivity index (χ3v) is 5.19. The first-order valence-electron chi connectivity index (χ1n) is 10.0. The van der Waals surface area contributed by atoms with E-state index in [1.165, 1.54) is 0 Å². The van der Waals surface area contributed by atoms with Crippen molar-refractivity contribution in [2.75, 3.05) is 0 Å². The molecular formula is C16H8F30N2O4. The van der Waals surface area contributed by atoms with Crippen LogP contribution in [-0.4, -0.2) is 106 Å². The Morgan fingerprint density at radius 1 is 0.250 bits per heavy atom. The van der Waals surface area contributed by atoms with Crippen molar-refractivity contribution in [1.29, 1.82) is 0 Å². The van der Waals surface area contributed by atoms with Crippen molar-refractivity contribution in [1.82, 2.24) is 12.3 Å². The molecule has 0 saturated carbocycles. The number of carbonyl (C=O) groups is 2. The Morgan fingerprint density at radius 2 is 0.365 bits per heavy atom. The third-order valence-electron chi connectivity index (χ3n) is 5.19. The van der Waals surface area contributed by atoms with E-state index in [2.05, 4.69) is 0 Å². The summed E-state index contributed by atoms with van der Waals surface area (Å²) >= 11 is 0. The molecule has 0 radical (unpaired) electrons. The van der Waals surface area contributed by atoms with Gasteiger partial charge in [0.15, 0.2) is 0 Å². The van der Waals surface area contributed by atoms with Crippen LogP contribution in [0.2, 0.25) is 0 Å². The summed E-state index contributed by atoms with van der Waals surface area (Å²) in [5, 5.41) is 15.1. The summed E-state index contributed by atoms with van der Waals surface area (Å²) in [6, 6.07) is 0. The smallest absolute Gasteiger partial charge is 0.460 e. The van der Waals surface area contributed by atoms with Gasteiger partial charge >= 0.3 is 95.4 Å². The van der Waals surface area contributed by atoms with Gasteiger partial charge < -0.3 is 22.5 Å². The van der Waals surface area contributed by atoms with Gasteiger partial charge in [-0.15, -0.1) is 0 Å². The van der Waals surface area contributed by atoms with Crippen molar-refractivity contribution in [2.45, 2.75) is 83.4 Å². The van der Waals surface area contributed by atoms with E-state index in [1.807, 2.05) is 0 Å². The van der Waals surface area contributed by atoms with E-state index in [-0.39, 0.29) is 12.3 Å². The second-order valence-corrected chi connectivity index (χ2v) is 8.50. The molecule has 0 bridgehead atoms. The molecule has 0 spiro atoms. The molecule has 6 nitrogen and oxygen atoms in total. The minimum absolute atomic E-state index is 0. The molecular weight excluding hydrogens is 854 g/mol. The number of hydrogen-bond acceptors (Lipinski definition) is 4. The van der Waals surface area contributed by atoms with Crippen LogP contribution >= 0.6 is 0 Å². The summed E-state index contributed by atoms with van der Waals surface area (Å²) in [7, 11) is 0. The van der Waals surface area contributed by atoms with Gasteiger partial charge in [-0.3, -0.25) is 0 Å². The van der Waals surface area contributed by atoms with Gasteiger partial charge in [0.2, 0.25) is 0 Å². The lowest BCUT2D eigenvalue weighted by Crippen LogP contribution is -2.73. The van der Waals surface area contributed by atoms with Crippen molar-refractivity contribution >= 4 is 11.9 Å². The number of aliphatic carboxylic acids is 2. The number of halogens is 30. The Labute approximate surface area is 260 Å². The van der Waals surface area contributed by atoms with Crippen LogP contribution in [0.25, 0.3) is 0 Å². The van der Waals surface area contributed by atoms with E-state index < -0.39 is 95.4 Å². The lowest BCUT2D eigenvalue weighted by molar-refractivity contribution is -0.450. The number of alkyl halides is 30. The van der Waals surface area contributed by atoms with Crippen molar-refractivity contribution in [3.63, 3.8) is 0 Å². The predicted octanol–water partition coefficient (Wildman–Crippen LogP) is 9.21. The Bertz CT molecular complexity index is 1170. The summed E-state index contributed by atoms with van der Waals surface area (Å²) in [5.74, 6) is -106. The van der Waals surface area contributed by atoms with Gasteiger partial charge in [0.25, 0.3) is 0 Å². The van der Waals surface area contributed by atoms with Gasteiger partial charge in [-0.25, -0.2) is 9.59 Å². The van der Waals surface area contributed by atoms with Crippen molar-refractivity contribution in [2.24, 2.45) is 0 Å². The van der Waals surface area contributed by atoms with Crippen molar-refractivity contribution < 1.29 is 152 Å². The first kappa shape index (κ1) is 55.5. The van der Waals surface area contributed by atoms with Gasteiger partial charge in [-0.05, 0) is 0 Å². The first-order chi connectivity index (χ1) is 20.9. The highest BCUT2D eigenvalue weighted by molar-refractivity contribution is 5.77. The van der Waals surface area contributed by atoms with E-state index >= 15 is 0 Å². The highest BCUT2D eigenvalue weighted by Gasteiger charge is 2.95. The molecule has 0 fully saturated rings. The van der Waals surface area contributed by atoms with Crippen molar-refractivity contribution in [3.8, 4) is 0 Å². The first-order valence-corrected chi connectivity index (χ1v) is 10.0. The molecule has 0 aromatic rings. The Kier molecular flexibility index (Phi) is 14.8. The van der Waals surface area contributed by atoms with Gasteiger partial charge in [-0.1, -0.05) is 0 Å². The van der Waals surface area contributed by atoms with Gasteiger partial charge in [0, 0.05) is 0 Å². The number of carboxylic acids is 2. The molecule has 0 aliphatic heterocycles. The average molecular weight is 862 g/mol. The predicted molar refractivity (Wildman–Crippen MR) is 96.8 cm³/mol. The lowest BCUT2D eigenvalue weighted by atomic mass is 9.91. The monoisotopic (exact) mass is 862 g/mol. The molecule has 0 heterocycles. The quantitative estimate of drug-likeness (QED) is 0.144. The van der Waals surface area contributed by atoms with Crippen molar-refractivity contribution in [3.05, 3.63) is 0 Å². The molecule has 0 amide bonds. The normalized spacial score (nSPS) is 15.5. The van der Waals surface area contributed by atoms with E-state index in [0.717, 1.165) is 0 Å². The fourth-order valence-corrected chi connectivity index (χ4v) is 2.20. The van der Waals surface area contributed by atoms with Crippen LogP contribution in [0, 0.1) is 0 Å². The van der Waals surface area contributed by atoms with Crippen LogP contribution in [0.15, 0.2) is 0 Å². The largest absolute Gasteiger partial charge is 0.477 e. The SMILES string of the molecule is N.N.O=C(O)C(F)(F)C(F)(F)C(F)(F)C(F)(F)C(F)(F)C(F)(F)C(F)(F)F.O=C(O)C(F)(F)C(F)(F)C(F)(F)C(F)(F)C(F)(F)C(F)(F)C(F)(F)F. The van der Waals surface area contributed by atoms with E-state index in [4.69, 9.17) is 10.2 Å². The molecule has 8 N–H and O–H groups in total. The van der Waals surface area contributed by atoms with E-state index in [9.17, 15) is 141 Å². The summed E-state index contributed by atoms with van der Waals surface area (Å²) in [6.45, 7) is 0. The fourth-order valence-electron chi connectivity index (χ4n) is 2.20. The Hall–Kier alpha value is -3.24. The number of rotatable bonds is 12. The maximum absolute atomic E-state index is 12.8. The second-order valence-electron chi connectivity index (χ2n) is 8.50. The summed E-state index contributed by atoms with van der Waals surface area (Å²) in [4.78, 5) is 19.4. The average Bonchev–Trinajstić information content (AvgIpc) is 2.86. The summed E-state index contributed by atoms with van der Waals surface area (Å²) < 4.78 is 373. The number of carboxylic acid groups (broad SMARTS) is 2. The third kappa shape index (κ3) is 7.18. The standard InChI is InChI=1S/2C8HF15O2.2H3N/c2*9-2(10,1(24)25)3(11,12)4(13,14)5(15,16)6(17,18)7(19,20)8(21,22)23;;/h2*(H,24,25);2*1H3. The molecule has 36 heteroatoms. The van der Waals surface area contributed by atoms with Crippen LogP contribution in [0.1, 0.15) is 0 Å². The Morgan fingerprint density at radius 3 is 0.481 bits per heavy atom. The molecule has 0 saturated heterocycles. The van der Waals surface area contributed by atoms with Gasteiger partial charge in [0.1, 0.15) is 0 Å². The van der Waals surface area contributed by atoms with Crippen LogP contribution in [0.5, 0.6) is 0 Å². The lowest BCUT2D eigenvalue weighted by Gasteiger charge is -2.40. The Balaban J connectivity index is -0.000000427. The molecule has 0 unspecified atom stereocenters. The zero-order chi connectivity index (χ0) is 42.2. The topological polar surface area (TPSA) is 145 Å². The summed E-state index contributed by atoms with van der Waals surface area (Å²) in [5.41, 5.74) is 0. The van der Waals surface area contributed by atoms with E-state index in [1.54, 1.807) is 0 Å².